The number of unbranched alkanes of at least 4 members (excludes halogenated alkanes) is 2. The Morgan fingerprint density at radius 3 is 1.79 bits per heavy atom. The summed E-state index contributed by atoms with van der Waals surface area (Å²) in [5.41, 5.74) is 14.4. The Kier molecular flexibility index (Phi) is 14.3. The highest BCUT2D eigenvalue weighted by Gasteiger charge is 2.46. The maximum absolute atomic E-state index is 13.7. The molecule has 77 heavy (non-hydrogen) atoms. The molecule has 0 unspecified atom stereocenters. The largest absolute Gasteiger partial charge is 0.497 e. The number of carbonyl (C=O) groups is 1. The van der Waals surface area contributed by atoms with Crippen LogP contribution in [0.4, 0.5) is 5.69 Å². The number of nitrogens with one attached hydrogen (secondary N) is 1. The molecule has 0 atom stereocenters. The summed E-state index contributed by atoms with van der Waals surface area (Å²) < 4.78 is 31.9. The Hall–Kier alpha value is -7.29. The summed E-state index contributed by atoms with van der Waals surface area (Å²) in [5.74, 6) is 4.92. The standard InChI is InChI=1S/C69H68BrNO6/c1-9-10-11-12-43-13-15-44(16-14-43)45-17-19-46(20-18-45)47-21-23-49(24-22-47)67(72)71-52-31-25-48(26-32-52)56-39-59-62-57-40-60(75-7)61(76-8)41-58(57)66-55(63(62)68(3,4)64(59)65(70)42(56)2)37-38-69(77-66,50-27-33-53(73-5)34-28-50)51-29-35-54(74-6)36-30-51/h17-41,43-44H,9-16H2,1-8H3,(H,71,72). The third kappa shape index (κ3) is 9.36. The number of ether oxygens (including phenoxy) is 5. The van der Waals surface area contributed by atoms with Gasteiger partial charge in [0.05, 0.1) is 28.4 Å². The first-order valence-corrected chi connectivity index (χ1v) is 28.1. The molecule has 7 nitrogen and oxygen atoms in total. The van der Waals surface area contributed by atoms with Crippen molar-refractivity contribution >= 4 is 44.4 Å². The molecule has 0 radical (unpaired) electrons. The smallest absolute Gasteiger partial charge is 0.255 e. The van der Waals surface area contributed by atoms with Crippen molar-refractivity contribution in [3.63, 3.8) is 0 Å². The van der Waals surface area contributed by atoms with Crippen molar-refractivity contribution in [3.8, 4) is 62.1 Å². The van der Waals surface area contributed by atoms with Gasteiger partial charge in [0.25, 0.3) is 5.91 Å². The molecule has 0 spiro atoms. The molecule has 392 valence electrons. The van der Waals surface area contributed by atoms with E-state index in [1.165, 1.54) is 73.6 Å². The number of amides is 1. The molecule has 1 amide bonds. The quantitative estimate of drug-likeness (QED) is 0.103. The highest BCUT2D eigenvalue weighted by atomic mass is 79.9. The third-order valence-corrected chi connectivity index (χ3v) is 18.0. The van der Waals surface area contributed by atoms with E-state index in [0.29, 0.717) is 23.0 Å². The third-order valence-electron chi connectivity index (χ3n) is 17.0. The fourth-order valence-electron chi connectivity index (χ4n) is 12.7. The highest BCUT2D eigenvalue weighted by Crippen LogP contribution is 2.61. The van der Waals surface area contributed by atoms with Crippen LogP contribution in [0.3, 0.4) is 0 Å². The van der Waals surface area contributed by atoms with E-state index >= 15 is 0 Å². The van der Waals surface area contributed by atoms with E-state index in [4.69, 9.17) is 23.7 Å². The van der Waals surface area contributed by atoms with E-state index in [2.05, 4.69) is 152 Å². The number of fused-ring (bicyclic) bond motifs is 8. The van der Waals surface area contributed by atoms with Gasteiger partial charge in [0.2, 0.25) is 0 Å². The maximum Gasteiger partial charge on any atom is 0.255 e. The van der Waals surface area contributed by atoms with Gasteiger partial charge in [-0.2, -0.15) is 0 Å². The first kappa shape index (κ1) is 51.8. The van der Waals surface area contributed by atoms with Crippen molar-refractivity contribution in [1.29, 1.82) is 0 Å². The predicted octanol–water partition coefficient (Wildman–Crippen LogP) is 18.0. The van der Waals surface area contributed by atoms with Crippen molar-refractivity contribution in [3.05, 3.63) is 195 Å². The number of hydrogen-bond donors (Lipinski definition) is 1. The second-order valence-corrected chi connectivity index (χ2v) is 22.5. The lowest BCUT2D eigenvalue weighted by Crippen LogP contribution is -2.35. The molecule has 8 heteroatoms. The van der Waals surface area contributed by atoms with Crippen molar-refractivity contribution < 1.29 is 28.5 Å². The zero-order valence-electron chi connectivity index (χ0n) is 45.6. The summed E-state index contributed by atoms with van der Waals surface area (Å²) in [6.45, 7) is 9.08. The number of rotatable bonds is 15. The van der Waals surface area contributed by atoms with Crippen LogP contribution in [-0.2, 0) is 11.0 Å². The molecule has 8 aromatic carbocycles. The summed E-state index contributed by atoms with van der Waals surface area (Å²) >= 11 is 4.18. The Morgan fingerprint density at radius 1 is 0.649 bits per heavy atom. The first-order chi connectivity index (χ1) is 37.4. The Labute approximate surface area is 462 Å². The average molecular weight is 1090 g/mol. The minimum atomic E-state index is -1.00. The fraction of sp³-hybridized carbons (Fsp3) is 0.290. The Bertz CT molecular complexity index is 3470. The van der Waals surface area contributed by atoms with E-state index in [-0.39, 0.29) is 5.91 Å². The van der Waals surface area contributed by atoms with E-state index < -0.39 is 11.0 Å². The van der Waals surface area contributed by atoms with Gasteiger partial charge in [-0.05, 0) is 178 Å². The van der Waals surface area contributed by atoms with Gasteiger partial charge in [-0.15, -0.1) is 0 Å². The van der Waals surface area contributed by atoms with Crippen LogP contribution in [0.1, 0.15) is 127 Å². The van der Waals surface area contributed by atoms with Crippen molar-refractivity contribution in [2.45, 2.75) is 96.0 Å². The maximum atomic E-state index is 13.7. The lowest BCUT2D eigenvalue weighted by atomic mass is 9.76. The Morgan fingerprint density at radius 2 is 1.22 bits per heavy atom. The van der Waals surface area contributed by atoms with Gasteiger partial charge in [0.15, 0.2) is 17.1 Å². The topological polar surface area (TPSA) is 75.3 Å². The van der Waals surface area contributed by atoms with Gasteiger partial charge < -0.3 is 29.0 Å². The van der Waals surface area contributed by atoms with Gasteiger partial charge >= 0.3 is 0 Å². The zero-order valence-corrected chi connectivity index (χ0v) is 47.2. The summed E-state index contributed by atoms with van der Waals surface area (Å²) in [6, 6.07) is 47.9. The number of halogens is 1. The summed E-state index contributed by atoms with van der Waals surface area (Å²) in [4.78, 5) is 13.7. The van der Waals surface area contributed by atoms with Crippen molar-refractivity contribution in [2.75, 3.05) is 33.8 Å². The van der Waals surface area contributed by atoms with Gasteiger partial charge in [-0.3, -0.25) is 4.79 Å². The zero-order chi connectivity index (χ0) is 53.6. The summed E-state index contributed by atoms with van der Waals surface area (Å²) in [7, 11) is 6.70. The summed E-state index contributed by atoms with van der Waals surface area (Å²) in [6.07, 6.45) is 15.2. The molecule has 0 saturated heterocycles. The van der Waals surface area contributed by atoms with E-state index in [9.17, 15) is 4.79 Å². The van der Waals surface area contributed by atoms with Crippen LogP contribution in [0.25, 0.3) is 50.2 Å². The van der Waals surface area contributed by atoms with E-state index in [0.717, 1.165) is 94.2 Å². The van der Waals surface area contributed by atoms with Crippen LogP contribution in [0, 0.1) is 12.8 Å². The first-order valence-electron chi connectivity index (χ1n) is 27.3. The van der Waals surface area contributed by atoms with Gasteiger partial charge in [0.1, 0.15) is 17.2 Å². The number of carbonyl (C=O) groups excluding carboxylic acids is 1. The molecular formula is C69H68BrNO6. The highest BCUT2D eigenvalue weighted by molar-refractivity contribution is 9.10. The lowest BCUT2D eigenvalue weighted by Gasteiger charge is -2.38. The van der Waals surface area contributed by atoms with Gasteiger partial charge in [0, 0.05) is 43.2 Å². The molecule has 1 fully saturated rings. The molecule has 8 aromatic rings. The summed E-state index contributed by atoms with van der Waals surface area (Å²) in [5, 5.41) is 5.04. The second kappa shape index (κ2) is 21.3. The monoisotopic (exact) mass is 1090 g/mol. The van der Waals surface area contributed by atoms with E-state index in [1.54, 1.807) is 28.4 Å². The van der Waals surface area contributed by atoms with Crippen LogP contribution < -0.4 is 29.0 Å². The van der Waals surface area contributed by atoms with Crippen molar-refractivity contribution in [1.82, 2.24) is 0 Å². The van der Waals surface area contributed by atoms with Crippen molar-refractivity contribution in [2.24, 2.45) is 5.92 Å². The number of anilines is 1. The molecule has 0 bridgehead atoms. The molecule has 1 saturated carbocycles. The predicted molar refractivity (Wildman–Crippen MR) is 318 cm³/mol. The minimum Gasteiger partial charge on any atom is -0.497 e. The normalized spacial score (nSPS) is 16.7. The molecule has 1 N–H and O–H groups in total. The lowest BCUT2D eigenvalue weighted by molar-refractivity contribution is 0.102. The van der Waals surface area contributed by atoms with Crippen LogP contribution in [-0.4, -0.2) is 34.3 Å². The Balaban J connectivity index is 0.893. The number of methoxy groups -OCH3 is 4. The van der Waals surface area contributed by atoms with Crippen LogP contribution in [0.5, 0.6) is 28.7 Å². The minimum absolute atomic E-state index is 0.147. The number of hydrogen-bond acceptors (Lipinski definition) is 6. The van der Waals surface area contributed by atoms with Gasteiger partial charge in [-0.25, -0.2) is 0 Å². The average Bonchev–Trinajstić information content (AvgIpc) is 3.98. The molecule has 1 aliphatic heterocycles. The number of benzene rings is 8. The second-order valence-electron chi connectivity index (χ2n) is 21.7. The molecule has 0 aromatic heterocycles. The molecule has 11 rings (SSSR count). The van der Waals surface area contributed by atoms with Crippen LogP contribution >= 0.6 is 15.9 Å². The van der Waals surface area contributed by atoms with E-state index in [1.807, 2.05) is 48.5 Å². The SMILES string of the molecule is CCCCCC1CCC(c2ccc(-c3ccc(C(=O)Nc4ccc(-c5cc6c(c(Br)c5C)C(C)(C)c5c7c(c8cc(OC)c(OC)cc8c5-6)OC(c5ccc(OC)cc5)(c5ccc(OC)cc5)C=C7)cc4)cc3)cc2)CC1. The molecule has 2 aliphatic carbocycles. The molecule has 3 aliphatic rings. The van der Waals surface area contributed by atoms with Crippen LogP contribution in [0.2, 0.25) is 0 Å². The molecular weight excluding hydrogens is 1020 g/mol. The van der Waals surface area contributed by atoms with Gasteiger partial charge in [-0.1, -0.05) is 141 Å². The van der Waals surface area contributed by atoms with Crippen LogP contribution in [0.15, 0.2) is 150 Å². The molecule has 1 heterocycles. The fourth-order valence-corrected chi connectivity index (χ4v) is 13.6.